The molecule has 0 aromatic heterocycles. The summed E-state index contributed by atoms with van der Waals surface area (Å²) in [5.74, 6) is -1.96. The zero-order valence-electron chi connectivity index (χ0n) is 8.52. The first-order valence-corrected chi connectivity index (χ1v) is 4.53. The zero-order valence-corrected chi connectivity index (χ0v) is 8.52. The fraction of sp³-hybridized carbons (Fsp3) is 0.273. The number of nitrogens with one attached hydrogen (secondary N) is 1. The second-order valence-corrected chi connectivity index (χ2v) is 3.12. The smallest absolute Gasteiger partial charge is 0.200 e. The number of halogens is 2. The molecule has 0 heterocycles. The van der Waals surface area contributed by atoms with E-state index in [-0.39, 0.29) is 12.4 Å². The third-order valence-electron chi connectivity index (χ3n) is 1.77. The molecule has 0 aliphatic rings. The van der Waals surface area contributed by atoms with E-state index in [1.807, 2.05) is 0 Å². The van der Waals surface area contributed by atoms with Crippen LogP contribution in [0.2, 0.25) is 0 Å². The van der Waals surface area contributed by atoms with Crippen molar-refractivity contribution in [1.29, 1.82) is 0 Å². The fourth-order valence-electron chi connectivity index (χ4n) is 1.08. The zero-order chi connectivity index (χ0) is 11.3. The van der Waals surface area contributed by atoms with Gasteiger partial charge in [-0.1, -0.05) is 12.6 Å². The number of benzene rings is 1. The molecule has 0 saturated heterocycles. The number of ether oxygens (including phenoxy) is 1. The summed E-state index contributed by atoms with van der Waals surface area (Å²) >= 11 is 0. The van der Waals surface area contributed by atoms with Crippen LogP contribution in [0.4, 0.5) is 8.78 Å². The van der Waals surface area contributed by atoms with Gasteiger partial charge < -0.3 is 10.1 Å². The van der Waals surface area contributed by atoms with E-state index >= 15 is 0 Å². The molecule has 4 heteroatoms. The van der Waals surface area contributed by atoms with E-state index in [9.17, 15) is 8.78 Å². The molecule has 1 rings (SSSR count). The lowest BCUT2D eigenvalue weighted by molar-refractivity contribution is 0.322. The first kappa shape index (κ1) is 11.7. The van der Waals surface area contributed by atoms with Gasteiger partial charge in [-0.2, -0.15) is 4.39 Å². The molecule has 0 aliphatic heterocycles. The Balaban J connectivity index is 2.58. The van der Waals surface area contributed by atoms with E-state index in [1.54, 1.807) is 7.05 Å². The topological polar surface area (TPSA) is 21.3 Å². The van der Waals surface area contributed by atoms with Crippen LogP contribution in [-0.4, -0.2) is 20.2 Å². The Hall–Kier alpha value is -1.42. The predicted molar refractivity (Wildman–Crippen MR) is 54.9 cm³/mol. The molecule has 0 fully saturated rings. The first-order valence-electron chi connectivity index (χ1n) is 4.53. The molecule has 2 nitrogen and oxygen atoms in total. The van der Waals surface area contributed by atoms with Gasteiger partial charge in [0.15, 0.2) is 11.6 Å². The molecule has 0 amide bonds. The summed E-state index contributed by atoms with van der Waals surface area (Å²) in [6.45, 7) is 4.46. The van der Waals surface area contributed by atoms with Gasteiger partial charge in [-0.25, -0.2) is 4.39 Å². The monoisotopic (exact) mass is 213 g/mol. The lowest BCUT2D eigenvalue weighted by atomic mass is 10.3. The highest BCUT2D eigenvalue weighted by molar-refractivity contribution is 5.25. The van der Waals surface area contributed by atoms with Crippen LogP contribution in [0.25, 0.3) is 0 Å². The fourth-order valence-corrected chi connectivity index (χ4v) is 1.08. The van der Waals surface area contributed by atoms with Crippen molar-refractivity contribution in [2.75, 3.05) is 20.2 Å². The normalized spacial score (nSPS) is 10.1. The van der Waals surface area contributed by atoms with Crippen molar-refractivity contribution < 1.29 is 13.5 Å². The highest BCUT2D eigenvalue weighted by Crippen LogP contribution is 2.19. The van der Waals surface area contributed by atoms with E-state index in [2.05, 4.69) is 11.9 Å². The van der Waals surface area contributed by atoms with E-state index in [0.29, 0.717) is 6.54 Å². The molecular weight excluding hydrogens is 200 g/mol. The van der Waals surface area contributed by atoms with E-state index in [4.69, 9.17) is 4.74 Å². The van der Waals surface area contributed by atoms with Gasteiger partial charge in [-0.05, 0) is 24.8 Å². The maximum atomic E-state index is 13.1. The highest BCUT2D eigenvalue weighted by Gasteiger charge is 2.08. The average Bonchev–Trinajstić information content (AvgIpc) is 2.21. The Labute approximate surface area is 87.6 Å². The summed E-state index contributed by atoms with van der Waals surface area (Å²) in [6, 6.07) is 3.82. The van der Waals surface area contributed by atoms with Gasteiger partial charge in [0.05, 0.1) is 0 Å². The van der Waals surface area contributed by atoms with Gasteiger partial charge in [-0.15, -0.1) is 0 Å². The minimum Gasteiger partial charge on any atom is -0.486 e. The van der Waals surface area contributed by atoms with Crippen molar-refractivity contribution in [3.63, 3.8) is 0 Å². The maximum absolute atomic E-state index is 13.1. The molecule has 1 aromatic carbocycles. The number of rotatable bonds is 5. The highest BCUT2D eigenvalue weighted by atomic mass is 19.2. The molecule has 82 valence electrons. The largest absolute Gasteiger partial charge is 0.486 e. The Morgan fingerprint density at radius 3 is 2.87 bits per heavy atom. The Bertz CT molecular complexity index is 352. The maximum Gasteiger partial charge on any atom is 0.200 e. The second kappa shape index (κ2) is 5.46. The third kappa shape index (κ3) is 3.32. The lowest BCUT2D eigenvalue weighted by Gasteiger charge is -2.09. The summed E-state index contributed by atoms with van der Waals surface area (Å²) in [5.41, 5.74) is 0.765. The predicted octanol–water partition coefficient (Wildman–Crippen LogP) is 2.12. The van der Waals surface area contributed by atoms with Gasteiger partial charge in [0.1, 0.15) is 6.61 Å². The van der Waals surface area contributed by atoms with Crippen LogP contribution < -0.4 is 10.1 Å². The van der Waals surface area contributed by atoms with Crippen LogP contribution in [0.3, 0.4) is 0 Å². The minimum absolute atomic E-state index is 0.0905. The molecular formula is C11H13F2NO. The average molecular weight is 213 g/mol. The summed E-state index contributed by atoms with van der Waals surface area (Å²) < 4.78 is 30.9. The minimum atomic E-state index is -0.963. The standard InChI is InChI=1S/C11H13F2NO/c1-8(6-14-2)7-15-10-5-3-4-9(12)11(10)13/h3-5,14H,1,6-7H2,2H3. The van der Waals surface area contributed by atoms with E-state index in [1.165, 1.54) is 12.1 Å². The van der Waals surface area contributed by atoms with Crippen molar-refractivity contribution >= 4 is 0 Å². The summed E-state index contributed by atoms with van der Waals surface area (Å²) in [5, 5.41) is 2.88. The Morgan fingerprint density at radius 1 is 1.47 bits per heavy atom. The van der Waals surface area contributed by atoms with E-state index < -0.39 is 11.6 Å². The van der Waals surface area contributed by atoms with Gasteiger partial charge in [0, 0.05) is 6.54 Å². The van der Waals surface area contributed by atoms with Crippen molar-refractivity contribution in [3.8, 4) is 5.75 Å². The van der Waals surface area contributed by atoms with E-state index in [0.717, 1.165) is 11.6 Å². The van der Waals surface area contributed by atoms with Crippen molar-refractivity contribution in [3.05, 3.63) is 42.0 Å². The quantitative estimate of drug-likeness (QED) is 0.756. The molecule has 0 spiro atoms. The molecule has 0 aliphatic carbocycles. The lowest BCUT2D eigenvalue weighted by Crippen LogP contribution is -2.15. The van der Waals surface area contributed by atoms with Crippen LogP contribution in [0.1, 0.15) is 0 Å². The van der Waals surface area contributed by atoms with Gasteiger partial charge in [-0.3, -0.25) is 0 Å². The van der Waals surface area contributed by atoms with Crippen LogP contribution >= 0.6 is 0 Å². The van der Waals surface area contributed by atoms with Crippen LogP contribution in [0, 0.1) is 11.6 Å². The molecule has 0 radical (unpaired) electrons. The summed E-state index contributed by atoms with van der Waals surface area (Å²) in [4.78, 5) is 0. The van der Waals surface area contributed by atoms with Gasteiger partial charge in [0.25, 0.3) is 0 Å². The van der Waals surface area contributed by atoms with Crippen molar-refractivity contribution in [2.45, 2.75) is 0 Å². The molecule has 1 aromatic rings. The second-order valence-electron chi connectivity index (χ2n) is 3.12. The SMILES string of the molecule is C=C(CNC)COc1cccc(F)c1F. The number of hydrogen-bond acceptors (Lipinski definition) is 2. The molecule has 0 atom stereocenters. The summed E-state index contributed by atoms with van der Waals surface area (Å²) in [7, 11) is 1.77. The number of hydrogen-bond donors (Lipinski definition) is 1. The third-order valence-corrected chi connectivity index (χ3v) is 1.77. The van der Waals surface area contributed by atoms with Crippen molar-refractivity contribution in [1.82, 2.24) is 5.32 Å². The Morgan fingerprint density at radius 2 is 2.20 bits per heavy atom. The van der Waals surface area contributed by atoms with Gasteiger partial charge >= 0.3 is 0 Å². The number of likely N-dealkylation sites (N-methyl/N-ethyl adjacent to an activating group) is 1. The van der Waals surface area contributed by atoms with Crippen molar-refractivity contribution in [2.24, 2.45) is 0 Å². The van der Waals surface area contributed by atoms with Gasteiger partial charge in [0.2, 0.25) is 5.82 Å². The molecule has 0 saturated carbocycles. The molecule has 15 heavy (non-hydrogen) atoms. The van der Waals surface area contributed by atoms with Crippen LogP contribution in [-0.2, 0) is 0 Å². The van der Waals surface area contributed by atoms with Crippen LogP contribution in [0.5, 0.6) is 5.75 Å². The Kier molecular flexibility index (Phi) is 4.24. The molecule has 1 N–H and O–H groups in total. The van der Waals surface area contributed by atoms with Crippen LogP contribution in [0.15, 0.2) is 30.4 Å². The molecule has 0 unspecified atom stereocenters. The molecule has 0 bridgehead atoms. The first-order chi connectivity index (χ1) is 7.15. The summed E-state index contributed by atoms with van der Waals surface area (Å²) in [6.07, 6.45) is 0.